The number of carbonyl (C=O) groups is 1. The number of amides is 1. The zero-order chi connectivity index (χ0) is 20.5. The van der Waals surface area contributed by atoms with Gasteiger partial charge in [0.1, 0.15) is 17.5 Å². The predicted octanol–water partition coefficient (Wildman–Crippen LogP) is 1.07. The van der Waals surface area contributed by atoms with Crippen molar-refractivity contribution in [1.82, 2.24) is 34.9 Å². The molecule has 1 aliphatic carbocycles. The fourth-order valence-corrected chi connectivity index (χ4v) is 3.87. The van der Waals surface area contributed by atoms with E-state index in [0.29, 0.717) is 35.7 Å². The normalized spacial score (nSPS) is 18.8. The Morgan fingerprint density at radius 1 is 1.28 bits per heavy atom. The number of benzene rings is 1. The van der Waals surface area contributed by atoms with Crippen LogP contribution in [0.15, 0.2) is 29.1 Å². The molecule has 4 rings (SSSR count). The molecule has 9 heteroatoms. The van der Waals surface area contributed by atoms with Gasteiger partial charge in [-0.3, -0.25) is 14.5 Å². The highest BCUT2D eigenvalue weighted by atomic mass is 16.1. The summed E-state index contributed by atoms with van der Waals surface area (Å²) >= 11 is 0. The van der Waals surface area contributed by atoms with E-state index in [1.165, 1.54) is 0 Å². The number of hydrogen-bond acceptors (Lipinski definition) is 6. The third kappa shape index (κ3) is 4.04. The smallest absolute Gasteiger partial charge is 0.258 e. The first kappa shape index (κ1) is 19.3. The van der Waals surface area contributed by atoms with Crippen LogP contribution in [0.4, 0.5) is 0 Å². The van der Waals surface area contributed by atoms with Crippen molar-refractivity contribution in [1.29, 1.82) is 0 Å². The second kappa shape index (κ2) is 7.75. The van der Waals surface area contributed by atoms with Gasteiger partial charge in [-0.15, -0.1) is 10.2 Å². The zero-order valence-electron chi connectivity index (χ0n) is 16.8. The van der Waals surface area contributed by atoms with Crippen LogP contribution < -0.4 is 10.9 Å². The highest BCUT2D eigenvalue weighted by Gasteiger charge is 2.34. The second-order valence-electron chi connectivity index (χ2n) is 7.80. The second-order valence-corrected chi connectivity index (χ2v) is 7.80. The van der Waals surface area contributed by atoms with E-state index in [2.05, 4.69) is 25.5 Å². The van der Waals surface area contributed by atoms with Gasteiger partial charge in [-0.2, -0.15) is 0 Å². The van der Waals surface area contributed by atoms with Gasteiger partial charge < -0.3 is 14.9 Å². The highest BCUT2D eigenvalue weighted by Crippen LogP contribution is 2.35. The standard InChI is InChI=1S/C20H25N7O2/c1-12(28)21-14-8-13(9-14)19-25-24-18(27(19)3)11-26(2)10-17-22-16-7-5-4-6-15(16)20(29)23-17/h4-7,13-14H,8-11H2,1-3H3,(H,21,28)(H,22,23,29). The monoisotopic (exact) mass is 395 g/mol. The molecule has 0 unspecified atom stereocenters. The van der Waals surface area contributed by atoms with Gasteiger partial charge in [-0.1, -0.05) is 12.1 Å². The van der Waals surface area contributed by atoms with E-state index in [9.17, 15) is 9.59 Å². The number of nitrogens with one attached hydrogen (secondary N) is 2. The Bertz CT molecular complexity index is 1100. The molecule has 0 atom stereocenters. The summed E-state index contributed by atoms with van der Waals surface area (Å²) in [5.41, 5.74) is 0.568. The minimum absolute atomic E-state index is 0.00840. The summed E-state index contributed by atoms with van der Waals surface area (Å²) in [6, 6.07) is 7.55. The number of para-hydroxylation sites is 1. The molecule has 1 fully saturated rings. The lowest BCUT2D eigenvalue weighted by Gasteiger charge is -2.34. The van der Waals surface area contributed by atoms with Crippen molar-refractivity contribution in [3.8, 4) is 0 Å². The number of aromatic amines is 1. The summed E-state index contributed by atoms with van der Waals surface area (Å²) in [6.07, 6.45) is 1.78. The van der Waals surface area contributed by atoms with Crippen molar-refractivity contribution in [3.05, 3.63) is 52.1 Å². The molecule has 0 radical (unpaired) electrons. The molecule has 29 heavy (non-hydrogen) atoms. The van der Waals surface area contributed by atoms with Gasteiger partial charge in [0, 0.05) is 25.9 Å². The molecule has 0 aliphatic heterocycles. The van der Waals surface area contributed by atoms with E-state index in [1.807, 2.05) is 41.8 Å². The average Bonchev–Trinajstić information content (AvgIpc) is 2.98. The van der Waals surface area contributed by atoms with E-state index in [-0.39, 0.29) is 17.5 Å². The fourth-order valence-electron chi connectivity index (χ4n) is 3.87. The Kier molecular flexibility index (Phi) is 5.14. The van der Waals surface area contributed by atoms with Crippen LogP contribution in [0.25, 0.3) is 10.9 Å². The molecular weight excluding hydrogens is 370 g/mol. The Hall–Kier alpha value is -3.07. The molecule has 2 heterocycles. The summed E-state index contributed by atoms with van der Waals surface area (Å²) < 4.78 is 2.03. The molecule has 1 aliphatic rings. The van der Waals surface area contributed by atoms with Crippen molar-refractivity contribution in [2.24, 2.45) is 7.05 Å². The third-order valence-corrected chi connectivity index (χ3v) is 5.40. The summed E-state index contributed by atoms with van der Waals surface area (Å²) in [5, 5.41) is 12.2. The first-order chi connectivity index (χ1) is 13.9. The Balaban J connectivity index is 1.41. The predicted molar refractivity (Wildman–Crippen MR) is 108 cm³/mol. The molecule has 0 saturated heterocycles. The van der Waals surface area contributed by atoms with Gasteiger partial charge in [0.25, 0.3) is 5.56 Å². The molecule has 152 valence electrons. The first-order valence-corrected chi connectivity index (χ1v) is 9.72. The van der Waals surface area contributed by atoms with E-state index < -0.39 is 0 Å². The topological polar surface area (TPSA) is 109 Å². The molecule has 9 nitrogen and oxygen atoms in total. The Labute approximate surface area is 168 Å². The number of nitrogens with zero attached hydrogens (tertiary/aromatic N) is 5. The lowest BCUT2D eigenvalue weighted by Crippen LogP contribution is -2.43. The number of H-pyrrole nitrogens is 1. The first-order valence-electron chi connectivity index (χ1n) is 9.72. The van der Waals surface area contributed by atoms with E-state index in [1.54, 1.807) is 13.0 Å². The third-order valence-electron chi connectivity index (χ3n) is 5.40. The molecular formula is C20H25N7O2. The van der Waals surface area contributed by atoms with Crippen LogP contribution in [0.2, 0.25) is 0 Å². The SMILES string of the molecule is CC(=O)NC1CC(c2nnc(CN(C)Cc3nc4ccccc4c(=O)[nH]3)n2C)C1. The molecule has 2 aromatic heterocycles. The maximum absolute atomic E-state index is 12.2. The minimum atomic E-state index is -0.126. The van der Waals surface area contributed by atoms with Crippen LogP contribution in [-0.2, 0) is 24.9 Å². The Morgan fingerprint density at radius 2 is 2.03 bits per heavy atom. The number of aromatic nitrogens is 5. The van der Waals surface area contributed by atoms with Crippen molar-refractivity contribution >= 4 is 16.8 Å². The van der Waals surface area contributed by atoms with Crippen LogP contribution in [-0.4, -0.2) is 48.6 Å². The molecule has 3 aromatic rings. The van der Waals surface area contributed by atoms with Crippen LogP contribution in [0.1, 0.15) is 43.2 Å². The number of hydrogen-bond donors (Lipinski definition) is 2. The van der Waals surface area contributed by atoms with Crippen LogP contribution >= 0.6 is 0 Å². The van der Waals surface area contributed by atoms with Gasteiger partial charge in [0.2, 0.25) is 5.91 Å². The molecule has 0 spiro atoms. The lowest BCUT2D eigenvalue weighted by molar-refractivity contribution is -0.120. The van der Waals surface area contributed by atoms with E-state index in [4.69, 9.17) is 0 Å². The lowest BCUT2D eigenvalue weighted by atomic mass is 9.79. The molecule has 1 amide bonds. The van der Waals surface area contributed by atoms with Crippen molar-refractivity contribution in [2.75, 3.05) is 7.05 Å². The van der Waals surface area contributed by atoms with E-state index in [0.717, 1.165) is 24.5 Å². The number of carbonyl (C=O) groups excluding carboxylic acids is 1. The maximum atomic E-state index is 12.2. The van der Waals surface area contributed by atoms with Crippen molar-refractivity contribution in [2.45, 2.75) is 44.8 Å². The average molecular weight is 395 g/mol. The number of fused-ring (bicyclic) bond motifs is 1. The zero-order valence-corrected chi connectivity index (χ0v) is 16.8. The molecule has 1 saturated carbocycles. The Morgan fingerprint density at radius 3 is 2.79 bits per heavy atom. The van der Waals surface area contributed by atoms with Gasteiger partial charge in [0.05, 0.1) is 24.0 Å². The van der Waals surface area contributed by atoms with Crippen molar-refractivity contribution < 1.29 is 4.79 Å². The van der Waals surface area contributed by atoms with E-state index >= 15 is 0 Å². The van der Waals surface area contributed by atoms with Gasteiger partial charge in [0.15, 0.2) is 0 Å². The molecule has 2 N–H and O–H groups in total. The van der Waals surface area contributed by atoms with Crippen LogP contribution in [0, 0.1) is 0 Å². The summed E-state index contributed by atoms with van der Waals surface area (Å²) in [6.45, 7) is 2.62. The van der Waals surface area contributed by atoms with Crippen LogP contribution in [0.5, 0.6) is 0 Å². The summed E-state index contributed by atoms with van der Waals surface area (Å²) in [7, 11) is 3.93. The highest BCUT2D eigenvalue weighted by molar-refractivity contribution is 5.77. The molecule has 0 bridgehead atoms. The van der Waals surface area contributed by atoms with Crippen molar-refractivity contribution in [3.63, 3.8) is 0 Å². The summed E-state index contributed by atoms with van der Waals surface area (Å²) in [5.74, 6) is 2.76. The van der Waals surface area contributed by atoms with Gasteiger partial charge in [-0.05, 0) is 32.0 Å². The fraction of sp³-hybridized carbons (Fsp3) is 0.450. The summed E-state index contributed by atoms with van der Waals surface area (Å²) in [4.78, 5) is 32.8. The van der Waals surface area contributed by atoms with Crippen LogP contribution in [0.3, 0.4) is 0 Å². The largest absolute Gasteiger partial charge is 0.354 e. The van der Waals surface area contributed by atoms with Gasteiger partial charge in [-0.25, -0.2) is 4.98 Å². The minimum Gasteiger partial charge on any atom is -0.354 e. The van der Waals surface area contributed by atoms with Gasteiger partial charge >= 0.3 is 0 Å². The quantitative estimate of drug-likeness (QED) is 0.646. The molecule has 1 aromatic carbocycles. The number of rotatable bonds is 6. The maximum Gasteiger partial charge on any atom is 0.258 e.